The van der Waals surface area contributed by atoms with Crippen molar-refractivity contribution in [2.75, 3.05) is 13.6 Å². The fourth-order valence-corrected chi connectivity index (χ4v) is 1.75. The molecule has 0 aliphatic rings. The van der Waals surface area contributed by atoms with Crippen molar-refractivity contribution in [3.63, 3.8) is 0 Å². The summed E-state index contributed by atoms with van der Waals surface area (Å²) in [7, 11) is 1.46. The van der Waals surface area contributed by atoms with E-state index < -0.39 is 5.97 Å². The van der Waals surface area contributed by atoms with Gasteiger partial charge in [-0.3, -0.25) is 9.59 Å². The van der Waals surface area contributed by atoms with Crippen molar-refractivity contribution >= 4 is 35.1 Å². The Bertz CT molecular complexity index is 463. The number of halogens is 2. The summed E-state index contributed by atoms with van der Waals surface area (Å²) in [4.78, 5) is 23.2. The minimum absolute atomic E-state index is 0.219. The maximum atomic E-state index is 11.6. The van der Waals surface area contributed by atoms with Gasteiger partial charge in [-0.15, -0.1) is 0 Å². The molecule has 0 radical (unpaired) electrons. The molecule has 1 N–H and O–H groups in total. The molecule has 98 valence electrons. The number of nitrogens with zero attached hydrogens (tertiary/aromatic N) is 1. The SMILES string of the molecule is CN(CC(=O)O)C(=O)CCc1ccc(Cl)c(Cl)c1. The number of aryl methyl sites for hydroxylation is 1. The topological polar surface area (TPSA) is 57.6 Å². The van der Waals surface area contributed by atoms with E-state index in [9.17, 15) is 9.59 Å². The zero-order valence-electron chi connectivity index (χ0n) is 9.82. The second kappa shape index (κ2) is 6.61. The molecule has 1 aromatic carbocycles. The molecule has 1 aromatic rings. The van der Waals surface area contributed by atoms with Gasteiger partial charge in [0.25, 0.3) is 0 Å². The molecule has 4 nitrogen and oxygen atoms in total. The zero-order valence-corrected chi connectivity index (χ0v) is 11.3. The van der Waals surface area contributed by atoms with Crippen LogP contribution in [-0.4, -0.2) is 35.5 Å². The Balaban J connectivity index is 2.52. The first-order chi connectivity index (χ1) is 8.40. The van der Waals surface area contributed by atoms with E-state index >= 15 is 0 Å². The molecule has 0 saturated carbocycles. The summed E-state index contributed by atoms with van der Waals surface area (Å²) >= 11 is 11.6. The fraction of sp³-hybridized carbons (Fsp3) is 0.333. The Kier molecular flexibility index (Phi) is 5.44. The number of hydrogen-bond donors (Lipinski definition) is 1. The lowest BCUT2D eigenvalue weighted by Crippen LogP contribution is -2.32. The third-order valence-corrected chi connectivity index (χ3v) is 3.15. The van der Waals surface area contributed by atoms with Crippen molar-refractivity contribution in [1.29, 1.82) is 0 Å². The molecule has 1 rings (SSSR count). The molecular formula is C12H13Cl2NO3. The van der Waals surface area contributed by atoms with Gasteiger partial charge in [-0.1, -0.05) is 29.3 Å². The molecule has 18 heavy (non-hydrogen) atoms. The smallest absolute Gasteiger partial charge is 0.323 e. The monoisotopic (exact) mass is 289 g/mol. The first-order valence-corrected chi connectivity index (χ1v) is 6.05. The van der Waals surface area contributed by atoms with E-state index in [2.05, 4.69) is 0 Å². The molecule has 0 heterocycles. The van der Waals surface area contributed by atoms with Crippen LogP contribution in [-0.2, 0) is 16.0 Å². The first-order valence-electron chi connectivity index (χ1n) is 5.30. The molecule has 0 aliphatic carbocycles. The van der Waals surface area contributed by atoms with Crippen LogP contribution in [0.5, 0.6) is 0 Å². The number of carbonyl (C=O) groups excluding carboxylic acids is 1. The summed E-state index contributed by atoms with van der Waals surface area (Å²) in [5.74, 6) is -1.25. The van der Waals surface area contributed by atoms with E-state index in [1.807, 2.05) is 0 Å². The number of carbonyl (C=O) groups is 2. The van der Waals surface area contributed by atoms with Crippen LogP contribution in [0.15, 0.2) is 18.2 Å². The number of aliphatic carboxylic acids is 1. The Labute approximate surface area is 115 Å². The lowest BCUT2D eigenvalue weighted by Gasteiger charge is -2.14. The van der Waals surface area contributed by atoms with E-state index in [1.165, 1.54) is 11.9 Å². The number of carboxylic acids is 1. The zero-order chi connectivity index (χ0) is 13.7. The number of carboxylic acid groups (broad SMARTS) is 1. The summed E-state index contributed by atoms with van der Waals surface area (Å²) in [6.07, 6.45) is 0.738. The largest absolute Gasteiger partial charge is 0.480 e. The molecule has 1 amide bonds. The van der Waals surface area contributed by atoms with E-state index in [0.717, 1.165) is 5.56 Å². The number of hydrogen-bond acceptors (Lipinski definition) is 2. The van der Waals surface area contributed by atoms with Crippen LogP contribution < -0.4 is 0 Å². The van der Waals surface area contributed by atoms with Gasteiger partial charge in [0.15, 0.2) is 0 Å². The minimum atomic E-state index is -1.03. The maximum absolute atomic E-state index is 11.6. The van der Waals surface area contributed by atoms with Crippen molar-refractivity contribution in [2.24, 2.45) is 0 Å². The quantitative estimate of drug-likeness (QED) is 0.906. The van der Waals surface area contributed by atoms with Gasteiger partial charge in [0.1, 0.15) is 6.54 Å². The van der Waals surface area contributed by atoms with Gasteiger partial charge in [0.05, 0.1) is 10.0 Å². The van der Waals surface area contributed by atoms with Gasteiger partial charge in [-0.25, -0.2) is 0 Å². The third-order valence-electron chi connectivity index (χ3n) is 2.41. The Morgan fingerprint density at radius 1 is 1.28 bits per heavy atom. The van der Waals surface area contributed by atoms with E-state index in [4.69, 9.17) is 28.3 Å². The second-order valence-corrected chi connectivity index (χ2v) is 4.71. The van der Waals surface area contributed by atoms with Crippen molar-refractivity contribution in [3.05, 3.63) is 33.8 Å². The molecular weight excluding hydrogens is 277 g/mol. The van der Waals surface area contributed by atoms with Crippen LogP contribution in [0, 0.1) is 0 Å². The van der Waals surface area contributed by atoms with Crippen LogP contribution in [0.4, 0.5) is 0 Å². The fourth-order valence-electron chi connectivity index (χ4n) is 1.43. The average molecular weight is 290 g/mol. The molecule has 0 unspecified atom stereocenters. The lowest BCUT2D eigenvalue weighted by atomic mass is 10.1. The Hall–Kier alpha value is -1.26. The molecule has 0 aliphatic heterocycles. The van der Waals surface area contributed by atoms with Gasteiger partial charge in [-0.2, -0.15) is 0 Å². The highest BCUT2D eigenvalue weighted by Crippen LogP contribution is 2.23. The molecule has 0 bridgehead atoms. The van der Waals surface area contributed by atoms with Crippen LogP contribution in [0.25, 0.3) is 0 Å². The van der Waals surface area contributed by atoms with Gasteiger partial charge in [-0.05, 0) is 24.1 Å². The summed E-state index contributed by atoms with van der Waals surface area (Å²) in [5, 5.41) is 9.47. The number of benzene rings is 1. The Morgan fingerprint density at radius 3 is 2.50 bits per heavy atom. The summed E-state index contributed by atoms with van der Waals surface area (Å²) in [6, 6.07) is 5.16. The molecule has 0 atom stereocenters. The van der Waals surface area contributed by atoms with Gasteiger partial charge >= 0.3 is 5.97 Å². The van der Waals surface area contributed by atoms with Crippen LogP contribution in [0.2, 0.25) is 10.0 Å². The molecule has 6 heteroatoms. The summed E-state index contributed by atoms with van der Waals surface area (Å²) in [5.41, 5.74) is 0.890. The minimum Gasteiger partial charge on any atom is -0.480 e. The first kappa shape index (κ1) is 14.8. The molecule has 0 spiro atoms. The highest BCUT2D eigenvalue weighted by molar-refractivity contribution is 6.42. The van der Waals surface area contributed by atoms with Gasteiger partial charge in [0, 0.05) is 13.5 Å². The van der Waals surface area contributed by atoms with Crippen molar-refractivity contribution < 1.29 is 14.7 Å². The standard InChI is InChI=1S/C12H13Cl2NO3/c1-15(7-12(17)18)11(16)5-3-8-2-4-9(13)10(14)6-8/h2,4,6H,3,5,7H2,1H3,(H,17,18). The number of likely N-dealkylation sites (N-methyl/N-ethyl adjacent to an activating group) is 1. The lowest BCUT2D eigenvalue weighted by molar-refractivity contribution is -0.143. The number of amides is 1. The molecule has 0 fully saturated rings. The highest BCUT2D eigenvalue weighted by atomic mass is 35.5. The van der Waals surface area contributed by atoms with E-state index in [0.29, 0.717) is 16.5 Å². The molecule has 0 saturated heterocycles. The van der Waals surface area contributed by atoms with E-state index in [-0.39, 0.29) is 18.9 Å². The Morgan fingerprint density at radius 2 is 1.94 bits per heavy atom. The third kappa shape index (κ3) is 4.55. The second-order valence-electron chi connectivity index (χ2n) is 3.89. The van der Waals surface area contributed by atoms with Crippen molar-refractivity contribution in [1.82, 2.24) is 4.90 Å². The highest BCUT2D eigenvalue weighted by Gasteiger charge is 2.12. The predicted octanol–water partition coefficient (Wildman–Crippen LogP) is 2.47. The van der Waals surface area contributed by atoms with Gasteiger partial charge in [0.2, 0.25) is 5.91 Å². The van der Waals surface area contributed by atoms with Crippen LogP contribution >= 0.6 is 23.2 Å². The summed E-state index contributed by atoms with van der Waals surface area (Å²) < 4.78 is 0. The molecule has 0 aromatic heterocycles. The normalized spacial score (nSPS) is 10.2. The van der Waals surface area contributed by atoms with Gasteiger partial charge < -0.3 is 10.0 Å². The number of rotatable bonds is 5. The predicted molar refractivity (Wildman–Crippen MR) is 70.1 cm³/mol. The maximum Gasteiger partial charge on any atom is 0.323 e. The van der Waals surface area contributed by atoms with Crippen molar-refractivity contribution in [3.8, 4) is 0 Å². The van der Waals surface area contributed by atoms with Crippen molar-refractivity contribution in [2.45, 2.75) is 12.8 Å². The van der Waals surface area contributed by atoms with Crippen LogP contribution in [0.1, 0.15) is 12.0 Å². The van der Waals surface area contributed by atoms with E-state index in [1.54, 1.807) is 18.2 Å². The van der Waals surface area contributed by atoms with Crippen LogP contribution in [0.3, 0.4) is 0 Å². The summed E-state index contributed by atoms with van der Waals surface area (Å²) in [6.45, 7) is -0.291. The average Bonchev–Trinajstić information content (AvgIpc) is 2.29.